The molecule has 9 nitrogen and oxygen atoms in total. The highest BCUT2D eigenvalue weighted by molar-refractivity contribution is 5.98. The first-order valence-corrected chi connectivity index (χ1v) is 9.01. The molecular formula is C19H26N6O3. The Morgan fingerprint density at radius 2 is 2.04 bits per heavy atom. The van der Waals surface area contributed by atoms with Gasteiger partial charge in [-0.05, 0) is 17.7 Å². The van der Waals surface area contributed by atoms with Crippen LogP contribution in [0, 0.1) is 0 Å². The van der Waals surface area contributed by atoms with Crippen LogP contribution in [0.5, 0.6) is 11.5 Å². The van der Waals surface area contributed by atoms with Gasteiger partial charge in [0, 0.05) is 39.9 Å². The maximum absolute atomic E-state index is 12.6. The molecule has 1 N–H and O–H groups in total. The number of aromatic nitrogens is 2. The van der Waals surface area contributed by atoms with Gasteiger partial charge in [0.2, 0.25) is 5.91 Å². The van der Waals surface area contributed by atoms with Crippen molar-refractivity contribution < 1.29 is 14.3 Å². The number of piperazine rings is 1. The molecule has 0 atom stereocenters. The Bertz CT molecular complexity index is 863. The predicted octanol–water partition coefficient (Wildman–Crippen LogP) is 0.861. The van der Waals surface area contributed by atoms with Gasteiger partial charge in [0.25, 0.3) is 0 Å². The smallest absolute Gasteiger partial charge is 0.246 e. The molecular weight excluding hydrogens is 360 g/mol. The van der Waals surface area contributed by atoms with Crippen LogP contribution in [0.25, 0.3) is 0 Å². The van der Waals surface area contributed by atoms with E-state index in [4.69, 9.17) is 9.47 Å². The number of carbonyl (C=O) groups is 1. The van der Waals surface area contributed by atoms with E-state index in [1.165, 1.54) is 0 Å². The largest absolute Gasteiger partial charge is 0.493 e. The number of amides is 1. The minimum absolute atomic E-state index is 0.0216. The summed E-state index contributed by atoms with van der Waals surface area (Å²) < 4.78 is 12.3. The molecule has 3 rings (SSSR count). The molecule has 1 amide bonds. The van der Waals surface area contributed by atoms with Gasteiger partial charge in [-0.15, -0.1) is 0 Å². The SMILES string of the molecule is CN=C(NCc1ccc(OC)c(OC)c1)N1CCN(c2cnn(C)c2)C(=O)C1. The quantitative estimate of drug-likeness (QED) is 0.606. The molecule has 2 heterocycles. The van der Waals surface area contributed by atoms with Crippen molar-refractivity contribution in [3.63, 3.8) is 0 Å². The first-order chi connectivity index (χ1) is 13.5. The lowest BCUT2D eigenvalue weighted by molar-refractivity contribution is -0.120. The van der Waals surface area contributed by atoms with E-state index in [-0.39, 0.29) is 12.5 Å². The number of methoxy groups -OCH3 is 2. The zero-order chi connectivity index (χ0) is 20.1. The number of rotatable bonds is 5. The molecule has 9 heteroatoms. The standard InChI is InChI=1S/C19H26N6O3/c1-20-19(21-10-14-5-6-16(27-3)17(9-14)28-4)24-7-8-25(18(26)13-24)15-11-22-23(2)12-15/h5-6,9,11-12H,7-8,10,13H2,1-4H3,(H,20,21). The number of benzene rings is 1. The average molecular weight is 386 g/mol. The summed E-state index contributed by atoms with van der Waals surface area (Å²) in [5.41, 5.74) is 1.85. The Balaban J connectivity index is 1.61. The van der Waals surface area contributed by atoms with Gasteiger partial charge in [-0.2, -0.15) is 5.10 Å². The fourth-order valence-electron chi connectivity index (χ4n) is 3.18. The molecule has 2 aromatic rings. The lowest BCUT2D eigenvalue weighted by Gasteiger charge is -2.35. The van der Waals surface area contributed by atoms with Gasteiger partial charge in [0.15, 0.2) is 17.5 Å². The minimum atomic E-state index is 0.0216. The molecule has 0 spiro atoms. The predicted molar refractivity (Wildman–Crippen MR) is 107 cm³/mol. The van der Waals surface area contributed by atoms with E-state index in [9.17, 15) is 4.79 Å². The molecule has 1 saturated heterocycles. The van der Waals surface area contributed by atoms with Gasteiger partial charge in [-0.3, -0.25) is 14.5 Å². The second-order valence-corrected chi connectivity index (χ2v) is 6.43. The number of guanidine groups is 1. The summed E-state index contributed by atoms with van der Waals surface area (Å²) in [5, 5.41) is 7.46. The third-order valence-electron chi connectivity index (χ3n) is 4.63. The van der Waals surface area contributed by atoms with Crippen molar-refractivity contribution in [1.29, 1.82) is 0 Å². The van der Waals surface area contributed by atoms with Crippen LogP contribution in [0.4, 0.5) is 5.69 Å². The van der Waals surface area contributed by atoms with Crippen LogP contribution in [0.1, 0.15) is 5.56 Å². The molecule has 0 saturated carbocycles. The number of carbonyl (C=O) groups excluding carboxylic acids is 1. The summed E-state index contributed by atoms with van der Waals surface area (Å²) in [4.78, 5) is 20.6. The van der Waals surface area contributed by atoms with E-state index in [0.717, 1.165) is 11.3 Å². The first-order valence-electron chi connectivity index (χ1n) is 9.01. The number of aryl methyl sites for hydroxylation is 1. The van der Waals surface area contributed by atoms with Crippen molar-refractivity contribution in [3.8, 4) is 11.5 Å². The van der Waals surface area contributed by atoms with Gasteiger partial charge >= 0.3 is 0 Å². The summed E-state index contributed by atoms with van der Waals surface area (Å²) in [6.07, 6.45) is 3.55. The summed E-state index contributed by atoms with van der Waals surface area (Å²) >= 11 is 0. The van der Waals surface area contributed by atoms with Gasteiger partial charge in [-0.25, -0.2) is 0 Å². The molecule has 0 aliphatic carbocycles. The van der Waals surface area contributed by atoms with Crippen LogP contribution in [-0.2, 0) is 18.4 Å². The third-order valence-corrected chi connectivity index (χ3v) is 4.63. The molecule has 1 aromatic heterocycles. The van der Waals surface area contributed by atoms with Crippen LogP contribution in [0.15, 0.2) is 35.6 Å². The van der Waals surface area contributed by atoms with E-state index < -0.39 is 0 Å². The number of nitrogens with one attached hydrogen (secondary N) is 1. The topological polar surface area (TPSA) is 84.2 Å². The zero-order valence-corrected chi connectivity index (χ0v) is 16.7. The van der Waals surface area contributed by atoms with Crippen molar-refractivity contribution in [2.24, 2.45) is 12.0 Å². The molecule has 1 aliphatic heterocycles. The van der Waals surface area contributed by atoms with Crippen LogP contribution < -0.4 is 19.7 Å². The average Bonchev–Trinajstić information content (AvgIpc) is 3.14. The number of ether oxygens (including phenoxy) is 2. The van der Waals surface area contributed by atoms with Crippen molar-refractivity contribution in [2.75, 3.05) is 45.8 Å². The third kappa shape index (κ3) is 4.19. The number of nitrogens with zero attached hydrogens (tertiary/aromatic N) is 5. The highest BCUT2D eigenvalue weighted by Gasteiger charge is 2.27. The van der Waals surface area contributed by atoms with Gasteiger partial charge in [0.05, 0.1) is 26.1 Å². The molecule has 150 valence electrons. The zero-order valence-electron chi connectivity index (χ0n) is 16.7. The molecule has 1 fully saturated rings. The minimum Gasteiger partial charge on any atom is -0.493 e. The Kier molecular flexibility index (Phi) is 6.03. The summed E-state index contributed by atoms with van der Waals surface area (Å²) in [6, 6.07) is 5.76. The molecule has 28 heavy (non-hydrogen) atoms. The van der Waals surface area contributed by atoms with E-state index in [1.807, 2.05) is 36.3 Å². The maximum atomic E-state index is 12.6. The lowest BCUT2D eigenvalue weighted by Crippen LogP contribution is -2.55. The van der Waals surface area contributed by atoms with Crippen molar-refractivity contribution >= 4 is 17.6 Å². The van der Waals surface area contributed by atoms with Gasteiger partial charge in [0.1, 0.15) is 6.54 Å². The first kappa shape index (κ1) is 19.5. The highest BCUT2D eigenvalue weighted by Crippen LogP contribution is 2.27. The molecule has 1 aromatic carbocycles. The Hall–Kier alpha value is -3.23. The second-order valence-electron chi connectivity index (χ2n) is 6.43. The van der Waals surface area contributed by atoms with E-state index >= 15 is 0 Å². The summed E-state index contributed by atoms with van der Waals surface area (Å²) in [7, 11) is 6.78. The maximum Gasteiger partial charge on any atom is 0.246 e. The molecule has 1 aliphatic rings. The Morgan fingerprint density at radius 3 is 2.64 bits per heavy atom. The van der Waals surface area contributed by atoms with Crippen LogP contribution >= 0.6 is 0 Å². The van der Waals surface area contributed by atoms with Crippen molar-refractivity contribution in [3.05, 3.63) is 36.2 Å². The van der Waals surface area contributed by atoms with Crippen molar-refractivity contribution in [2.45, 2.75) is 6.54 Å². The highest BCUT2D eigenvalue weighted by atomic mass is 16.5. The summed E-state index contributed by atoms with van der Waals surface area (Å²) in [5.74, 6) is 2.08. The van der Waals surface area contributed by atoms with Crippen LogP contribution in [0.2, 0.25) is 0 Å². The molecule has 0 unspecified atom stereocenters. The fourth-order valence-corrected chi connectivity index (χ4v) is 3.18. The van der Waals surface area contributed by atoms with Crippen LogP contribution in [-0.4, -0.2) is 67.4 Å². The number of anilines is 1. The number of aliphatic imine (C=N–C) groups is 1. The second kappa shape index (κ2) is 8.64. The van der Waals surface area contributed by atoms with Gasteiger partial charge in [-0.1, -0.05) is 6.07 Å². The lowest BCUT2D eigenvalue weighted by atomic mass is 10.2. The van der Waals surface area contributed by atoms with E-state index in [2.05, 4.69) is 15.4 Å². The molecule has 0 radical (unpaired) electrons. The number of hydrogen-bond donors (Lipinski definition) is 1. The van der Waals surface area contributed by atoms with E-state index in [1.54, 1.807) is 37.0 Å². The Labute approximate surface area is 164 Å². The van der Waals surface area contributed by atoms with Crippen LogP contribution in [0.3, 0.4) is 0 Å². The molecule has 0 bridgehead atoms. The fraction of sp³-hybridized carbons (Fsp3) is 0.421. The monoisotopic (exact) mass is 386 g/mol. The normalized spacial score (nSPS) is 15.0. The van der Waals surface area contributed by atoms with Crippen molar-refractivity contribution in [1.82, 2.24) is 20.0 Å². The number of hydrogen-bond acceptors (Lipinski definition) is 5. The Morgan fingerprint density at radius 1 is 1.25 bits per heavy atom. The summed E-state index contributed by atoms with van der Waals surface area (Å²) in [6.45, 7) is 2.10. The van der Waals surface area contributed by atoms with Gasteiger partial charge < -0.3 is 24.6 Å². The van der Waals surface area contributed by atoms with E-state index in [0.29, 0.717) is 37.1 Å².